The van der Waals surface area contributed by atoms with E-state index in [0.717, 1.165) is 21.3 Å². The summed E-state index contributed by atoms with van der Waals surface area (Å²) in [5, 5.41) is 22.5. The zero-order chi connectivity index (χ0) is 22.3. The van der Waals surface area contributed by atoms with E-state index in [4.69, 9.17) is 0 Å². The highest BCUT2D eigenvalue weighted by atomic mass is 79.9. The van der Waals surface area contributed by atoms with Gasteiger partial charge in [0.1, 0.15) is 5.75 Å². The fourth-order valence-electron chi connectivity index (χ4n) is 2.78. The summed E-state index contributed by atoms with van der Waals surface area (Å²) in [5.74, 6) is 0.658. The second kappa shape index (κ2) is 10.2. The lowest BCUT2D eigenvalue weighted by molar-refractivity contribution is -0.118. The van der Waals surface area contributed by atoms with Gasteiger partial charge in [-0.1, -0.05) is 27.7 Å². The van der Waals surface area contributed by atoms with Gasteiger partial charge in [-0.25, -0.2) is 5.43 Å². The Hall–Kier alpha value is -3.50. The number of carbonyl (C=O) groups excluding carboxylic acids is 1. The third-order valence-electron chi connectivity index (χ3n) is 4.29. The predicted molar refractivity (Wildman–Crippen MR) is 127 cm³/mol. The van der Waals surface area contributed by atoms with Gasteiger partial charge < -0.3 is 5.11 Å². The fraction of sp³-hybridized carbons (Fsp3) is 0.0455. The molecule has 0 saturated carbocycles. The lowest BCUT2D eigenvalue weighted by Crippen LogP contribution is -2.20. The second-order valence-corrected chi connectivity index (χ2v) is 8.39. The molecule has 4 aromatic rings. The highest BCUT2D eigenvalue weighted by Gasteiger charge is 2.17. The molecular formula is C22H17BrN6O2S. The molecule has 0 aliphatic rings. The van der Waals surface area contributed by atoms with Crippen molar-refractivity contribution >= 4 is 39.8 Å². The largest absolute Gasteiger partial charge is 0.508 e. The predicted octanol–water partition coefficient (Wildman–Crippen LogP) is 4.04. The summed E-state index contributed by atoms with van der Waals surface area (Å²) in [4.78, 5) is 16.3. The minimum absolute atomic E-state index is 0.109. The molecule has 1 amide bonds. The first-order valence-electron chi connectivity index (χ1n) is 9.45. The monoisotopic (exact) mass is 508 g/mol. The van der Waals surface area contributed by atoms with Gasteiger partial charge in [0.25, 0.3) is 5.91 Å². The van der Waals surface area contributed by atoms with Crippen LogP contribution >= 0.6 is 27.7 Å². The topological polar surface area (TPSA) is 105 Å². The fourth-order valence-corrected chi connectivity index (χ4v) is 3.78. The van der Waals surface area contributed by atoms with E-state index in [0.29, 0.717) is 11.0 Å². The minimum atomic E-state index is -0.277. The smallest absolute Gasteiger partial charge is 0.250 e. The van der Waals surface area contributed by atoms with Crippen molar-refractivity contribution in [3.63, 3.8) is 0 Å². The molecule has 0 radical (unpaired) electrons. The van der Waals surface area contributed by atoms with Gasteiger partial charge in [0, 0.05) is 28.1 Å². The number of benzene rings is 2. The maximum atomic E-state index is 12.3. The van der Waals surface area contributed by atoms with Crippen molar-refractivity contribution in [1.29, 1.82) is 0 Å². The Morgan fingerprint density at radius 3 is 2.50 bits per heavy atom. The Balaban J connectivity index is 1.49. The Bertz CT molecular complexity index is 1230. The molecule has 0 spiro atoms. The van der Waals surface area contributed by atoms with E-state index >= 15 is 0 Å². The lowest BCUT2D eigenvalue weighted by Gasteiger charge is -2.10. The SMILES string of the molecule is O=C(CSc1nnc(-c2ccncc2)n1-c1ccc(Br)cc1)NN=Cc1ccc(O)cc1. The summed E-state index contributed by atoms with van der Waals surface area (Å²) < 4.78 is 2.86. The Morgan fingerprint density at radius 1 is 1.06 bits per heavy atom. The van der Waals surface area contributed by atoms with Crippen molar-refractivity contribution in [2.45, 2.75) is 5.16 Å². The first kappa shape index (κ1) is 21.7. The van der Waals surface area contributed by atoms with Crippen LogP contribution in [0.25, 0.3) is 17.1 Å². The number of aromatic nitrogens is 4. The maximum absolute atomic E-state index is 12.3. The average molecular weight is 509 g/mol. The number of hydrogen-bond donors (Lipinski definition) is 2. The van der Waals surface area contributed by atoms with Gasteiger partial charge in [0.15, 0.2) is 11.0 Å². The molecule has 0 unspecified atom stereocenters. The van der Waals surface area contributed by atoms with Crippen LogP contribution in [0.2, 0.25) is 0 Å². The van der Waals surface area contributed by atoms with E-state index in [-0.39, 0.29) is 17.4 Å². The van der Waals surface area contributed by atoms with E-state index in [9.17, 15) is 9.90 Å². The summed E-state index contributed by atoms with van der Waals surface area (Å²) >= 11 is 4.71. The summed E-state index contributed by atoms with van der Waals surface area (Å²) in [7, 11) is 0. The number of pyridine rings is 1. The van der Waals surface area contributed by atoms with Crippen LogP contribution in [0.3, 0.4) is 0 Å². The van der Waals surface area contributed by atoms with Gasteiger partial charge >= 0.3 is 0 Å². The molecule has 2 N–H and O–H groups in total. The number of carbonyl (C=O) groups is 1. The highest BCUT2D eigenvalue weighted by molar-refractivity contribution is 9.10. The number of amides is 1. The Morgan fingerprint density at radius 2 is 1.78 bits per heavy atom. The number of hydrazone groups is 1. The first-order chi connectivity index (χ1) is 15.6. The van der Waals surface area contributed by atoms with Gasteiger partial charge in [-0.15, -0.1) is 10.2 Å². The van der Waals surface area contributed by atoms with E-state index in [1.54, 1.807) is 36.7 Å². The maximum Gasteiger partial charge on any atom is 0.250 e. The average Bonchev–Trinajstić information content (AvgIpc) is 3.24. The molecule has 10 heteroatoms. The Kier molecular flexibility index (Phi) is 6.93. The van der Waals surface area contributed by atoms with Crippen molar-refractivity contribution in [2.24, 2.45) is 5.10 Å². The van der Waals surface area contributed by atoms with Crippen LogP contribution in [-0.2, 0) is 4.79 Å². The zero-order valence-corrected chi connectivity index (χ0v) is 19.0. The molecule has 0 aliphatic heterocycles. The zero-order valence-electron chi connectivity index (χ0n) is 16.6. The number of halogens is 1. The number of aromatic hydroxyl groups is 1. The van der Waals surface area contributed by atoms with Crippen molar-refractivity contribution < 1.29 is 9.90 Å². The van der Waals surface area contributed by atoms with Gasteiger partial charge in [0.05, 0.1) is 12.0 Å². The van der Waals surface area contributed by atoms with Crippen molar-refractivity contribution in [1.82, 2.24) is 25.2 Å². The minimum Gasteiger partial charge on any atom is -0.508 e. The molecule has 0 fully saturated rings. The van der Waals surface area contributed by atoms with Crippen LogP contribution in [0.1, 0.15) is 5.56 Å². The number of nitrogens with zero attached hydrogens (tertiary/aromatic N) is 5. The second-order valence-electron chi connectivity index (χ2n) is 6.53. The number of rotatable bonds is 7. The molecule has 2 heterocycles. The summed E-state index contributed by atoms with van der Waals surface area (Å²) in [6, 6.07) is 18.0. The quantitative estimate of drug-likeness (QED) is 0.221. The highest BCUT2D eigenvalue weighted by Crippen LogP contribution is 2.28. The van der Waals surface area contributed by atoms with Crippen LogP contribution in [0, 0.1) is 0 Å². The number of phenolic OH excluding ortho intramolecular Hbond substituents is 1. The van der Waals surface area contributed by atoms with Crippen LogP contribution in [0.4, 0.5) is 0 Å². The van der Waals surface area contributed by atoms with Crippen molar-refractivity contribution in [3.8, 4) is 22.8 Å². The number of hydrogen-bond acceptors (Lipinski definition) is 7. The molecule has 0 atom stereocenters. The van der Waals surface area contributed by atoms with Crippen molar-refractivity contribution in [3.05, 3.63) is 83.1 Å². The molecule has 0 bridgehead atoms. The molecule has 160 valence electrons. The van der Waals surface area contributed by atoms with Crippen LogP contribution in [-0.4, -0.2) is 42.7 Å². The van der Waals surface area contributed by atoms with E-state index in [1.807, 2.05) is 41.0 Å². The van der Waals surface area contributed by atoms with E-state index in [2.05, 4.69) is 41.6 Å². The molecule has 0 aliphatic carbocycles. The number of phenols is 1. The van der Waals surface area contributed by atoms with Crippen LogP contribution in [0.15, 0.2) is 87.8 Å². The molecule has 4 rings (SSSR count). The Labute approximate surface area is 196 Å². The molecule has 32 heavy (non-hydrogen) atoms. The van der Waals surface area contributed by atoms with Gasteiger partial charge in [-0.2, -0.15) is 5.10 Å². The molecule has 2 aromatic carbocycles. The first-order valence-corrected chi connectivity index (χ1v) is 11.2. The molecule has 2 aromatic heterocycles. The number of thioether (sulfide) groups is 1. The summed E-state index contributed by atoms with van der Waals surface area (Å²) in [6.07, 6.45) is 4.90. The van der Waals surface area contributed by atoms with Crippen LogP contribution in [0.5, 0.6) is 5.75 Å². The van der Waals surface area contributed by atoms with Crippen LogP contribution < -0.4 is 5.43 Å². The summed E-state index contributed by atoms with van der Waals surface area (Å²) in [5.41, 5.74) is 4.99. The lowest BCUT2D eigenvalue weighted by atomic mass is 10.2. The number of nitrogens with one attached hydrogen (secondary N) is 1. The summed E-state index contributed by atoms with van der Waals surface area (Å²) in [6.45, 7) is 0. The van der Waals surface area contributed by atoms with E-state index in [1.165, 1.54) is 18.0 Å². The standard InChI is InChI=1S/C22H17BrN6O2S/c23-17-3-5-18(6-4-17)29-21(16-9-11-24-12-10-16)27-28-22(29)32-14-20(31)26-25-13-15-1-7-19(30)8-2-15/h1-13,30H,14H2,(H,26,31). The molecule has 0 saturated heterocycles. The van der Waals surface area contributed by atoms with E-state index < -0.39 is 0 Å². The van der Waals surface area contributed by atoms with Crippen molar-refractivity contribution in [2.75, 3.05) is 5.75 Å². The third-order valence-corrected chi connectivity index (χ3v) is 5.74. The van der Waals surface area contributed by atoms with Gasteiger partial charge in [-0.05, 0) is 66.2 Å². The van der Waals surface area contributed by atoms with Gasteiger partial charge in [0.2, 0.25) is 0 Å². The molecular weight excluding hydrogens is 492 g/mol. The molecule has 8 nitrogen and oxygen atoms in total. The normalized spacial score (nSPS) is 11.0. The third kappa shape index (κ3) is 5.40. The van der Waals surface area contributed by atoms with Gasteiger partial charge in [-0.3, -0.25) is 14.3 Å².